The first-order chi connectivity index (χ1) is 5.20. The van der Waals surface area contributed by atoms with E-state index in [-0.39, 0.29) is 6.04 Å². The third-order valence-electron chi connectivity index (χ3n) is 1.52. The van der Waals surface area contributed by atoms with E-state index in [1.54, 1.807) is 17.5 Å². The Hall–Kier alpha value is -0.670. The second-order valence-corrected chi connectivity index (χ2v) is 3.47. The van der Waals surface area contributed by atoms with Crippen LogP contribution in [-0.2, 0) is 0 Å². The van der Waals surface area contributed by atoms with Gasteiger partial charge in [0.05, 0.1) is 0 Å². The number of nitrogens with two attached hydrogens (primary N) is 1. The molecule has 0 bridgehead atoms. The zero-order valence-corrected chi connectivity index (χ0v) is 7.56. The van der Waals surface area contributed by atoms with Gasteiger partial charge in [-0.3, -0.25) is 0 Å². The highest BCUT2D eigenvalue weighted by Crippen LogP contribution is 2.10. The monoisotopic (exact) mass is 168 g/mol. The fourth-order valence-electron chi connectivity index (χ4n) is 0.632. The first-order valence-electron chi connectivity index (χ1n) is 3.53. The third kappa shape index (κ3) is 2.44. The molecule has 1 rings (SSSR count). The van der Waals surface area contributed by atoms with E-state index >= 15 is 0 Å². The maximum atomic E-state index is 5.66. The fraction of sp³-hybridized carbons (Fsp3) is 0.375. The highest BCUT2D eigenvalue weighted by Gasteiger charge is 1.97. The molecule has 2 nitrogen and oxygen atoms in total. The molecule has 2 N–H and O–H groups in total. The lowest BCUT2D eigenvalue weighted by molar-refractivity contribution is 0.868. The number of hydrogen-bond donors (Lipinski definition) is 1. The zero-order valence-electron chi connectivity index (χ0n) is 6.74. The summed E-state index contributed by atoms with van der Waals surface area (Å²) in [6.07, 6.45) is 3.82. The minimum Gasteiger partial charge on any atom is -0.324 e. The molecule has 0 aromatic carbocycles. The summed E-state index contributed by atoms with van der Waals surface area (Å²) in [7, 11) is 0. The van der Waals surface area contributed by atoms with Crippen molar-refractivity contribution in [2.75, 3.05) is 0 Å². The van der Waals surface area contributed by atoms with Gasteiger partial charge in [-0.15, -0.1) is 11.3 Å². The summed E-state index contributed by atoms with van der Waals surface area (Å²) in [5.74, 6) is 0. The van der Waals surface area contributed by atoms with Gasteiger partial charge >= 0.3 is 0 Å². The molecule has 1 unspecified atom stereocenters. The van der Waals surface area contributed by atoms with Gasteiger partial charge in [-0.25, -0.2) is 4.98 Å². The Morgan fingerprint density at radius 1 is 1.82 bits per heavy atom. The molecule has 0 aliphatic heterocycles. The molecular weight excluding hydrogens is 156 g/mol. The molecule has 0 aliphatic rings. The smallest absolute Gasteiger partial charge is 0.115 e. The highest BCUT2D eigenvalue weighted by atomic mass is 32.1. The van der Waals surface area contributed by atoms with Crippen molar-refractivity contribution in [3.8, 4) is 0 Å². The van der Waals surface area contributed by atoms with E-state index in [2.05, 4.69) is 4.98 Å². The van der Waals surface area contributed by atoms with Crippen molar-refractivity contribution < 1.29 is 0 Å². The maximum absolute atomic E-state index is 5.66. The molecule has 3 heteroatoms. The molecule has 0 amide bonds. The van der Waals surface area contributed by atoms with Crippen LogP contribution in [0.25, 0.3) is 6.08 Å². The first-order valence-corrected chi connectivity index (χ1v) is 4.41. The average Bonchev–Trinajstić information content (AvgIpc) is 2.39. The highest BCUT2D eigenvalue weighted by molar-refractivity contribution is 7.10. The van der Waals surface area contributed by atoms with Crippen molar-refractivity contribution in [2.45, 2.75) is 19.9 Å². The summed E-state index contributed by atoms with van der Waals surface area (Å²) in [5.41, 5.74) is 6.83. The summed E-state index contributed by atoms with van der Waals surface area (Å²) >= 11 is 1.63. The normalized spacial score (nSPS) is 15.0. The van der Waals surface area contributed by atoms with Gasteiger partial charge in [0.15, 0.2) is 0 Å². The number of rotatable bonds is 2. The van der Waals surface area contributed by atoms with Crippen LogP contribution in [0.3, 0.4) is 0 Å². The molecule has 0 spiro atoms. The van der Waals surface area contributed by atoms with E-state index in [1.165, 1.54) is 5.57 Å². The van der Waals surface area contributed by atoms with Gasteiger partial charge in [-0.1, -0.05) is 5.57 Å². The average molecular weight is 168 g/mol. The van der Waals surface area contributed by atoms with Crippen molar-refractivity contribution in [3.05, 3.63) is 22.2 Å². The van der Waals surface area contributed by atoms with E-state index in [0.717, 1.165) is 5.01 Å². The largest absolute Gasteiger partial charge is 0.324 e. The van der Waals surface area contributed by atoms with Crippen LogP contribution in [0.2, 0.25) is 0 Å². The van der Waals surface area contributed by atoms with E-state index in [1.807, 2.05) is 25.3 Å². The predicted octanol–water partition coefficient (Wildman–Crippen LogP) is 1.89. The van der Waals surface area contributed by atoms with Gasteiger partial charge < -0.3 is 5.73 Å². The molecular formula is C8H12N2S. The second kappa shape index (κ2) is 3.64. The molecule has 60 valence electrons. The molecule has 0 radical (unpaired) electrons. The minimum absolute atomic E-state index is 0.124. The van der Waals surface area contributed by atoms with E-state index in [9.17, 15) is 0 Å². The quantitative estimate of drug-likeness (QED) is 0.732. The number of aromatic nitrogens is 1. The molecule has 0 saturated heterocycles. The molecule has 1 heterocycles. The van der Waals surface area contributed by atoms with Crippen LogP contribution in [0.1, 0.15) is 18.9 Å². The van der Waals surface area contributed by atoms with Gasteiger partial charge in [-0.05, 0) is 19.9 Å². The van der Waals surface area contributed by atoms with Crippen LogP contribution < -0.4 is 5.73 Å². The molecule has 0 aliphatic carbocycles. The summed E-state index contributed by atoms with van der Waals surface area (Å²) in [6, 6.07) is 0.124. The van der Waals surface area contributed by atoms with Crippen molar-refractivity contribution in [1.82, 2.24) is 4.98 Å². The topological polar surface area (TPSA) is 38.9 Å². The maximum Gasteiger partial charge on any atom is 0.115 e. The van der Waals surface area contributed by atoms with Crippen LogP contribution in [0.15, 0.2) is 17.2 Å². The Morgan fingerprint density at radius 2 is 2.55 bits per heavy atom. The van der Waals surface area contributed by atoms with Crippen molar-refractivity contribution in [2.24, 2.45) is 5.73 Å². The third-order valence-corrected chi connectivity index (χ3v) is 2.24. The van der Waals surface area contributed by atoms with Crippen LogP contribution >= 0.6 is 11.3 Å². The standard InChI is InChI=1S/C8H12N2S/c1-6(7(2)9)5-8-10-3-4-11-8/h3-5,7H,9H2,1-2H3/b6-5+. The van der Waals surface area contributed by atoms with Crippen molar-refractivity contribution in [3.63, 3.8) is 0 Å². The Bertz CT molecular complexity index is 237. The van der Waals surface area contributed by atoms with E-state index in [0.29, 0.717) is 0 Å². The van der Waals surface area contributed by atoms with Gasteiger partial charge in [-0.2, -0.15) is 0 Å². The van der Waals surface area contributed by atoms with E-state index in [4.69, 9.17) is 5.73 Å². The lowest BCUT2D eigenvalue weighted by atomic mass is 10.1. The fourth-order valence-corrected chi connectivity index (χ4v) is 1.27. The summed E-state index contributed by atoms with van der Waals surface area (Å²) in [5, 5.41) is 2.99. The molecule has 1 atom stereocenters. The SMILES string of the molecule is C/C(=C\c1nccs1)C(C)N. The van der Waals surface area contributed by atoms with Crippen molar-refractivity contribution >= 4 is 17.4 Å². The van der Waals surface area contributed by atoms with Crippen molar-refractivity contribution in [1.29, 1.82) is 0 Å². The zero-order chi connectivity index (χ0) is 8.27. The van der Waals surface area contributed by atoms with Crippen LogP contribution in [0, 0.1) is 0 Å². The van der Waals surface area contributed by atoms with Gasteiger partial charge in [0.1, 0.15) is 5.01 Å². The summed E-state index contributed by atoms with van der Waals surface area (Å²) in [6.45, 7) is 3.99. The summed E-state index contributed by atoms with van der Waals surface area (Å²) < 4.78 is 0. The number of hydrogen-bond acceptors (Lipinski definition) is 3. The Kier molecular flexibility index (Phi) is 2.79. The predicted molar refractivity (Wildman–Crippen MR) is 49.4 cm³/mol. The van der Waals surface area contributed by atoms with Gasteiger partial charge in [0.25, 0.3) is 0 Å². The summed E-state index contributed by atoms with van der Waals surface area (Å²) in [4.78, 5) is 4.13. The molecule has 11 heavy (non-hydrogen) atoms. The first kappa shape index (κ1) is 8.43. The molecule has 0 fully saturated rings. The number of nitrogens with zero attached hydrogens (tertiary/aromatic N) is 1. The lowest BCUT2D eigenvalue weighted by Crippen LogP contribution is -2.15. The Morgan fingerprint density at radius 3 is 3.00 bits per heavy atom. The Balaban J connectivity index is 2.74. The molecule has 0 saturated carbocycles. The minimum atomic E-state index is 0.124. The Labute approximate surface area is 70.8 Å². The van der Waals surface area contributed by atoms with Crippen LogP contribution in [0.4, 0.5) is 0 Å². The molecule has 1 aromatic heterocycles. The van der Waals surface area contributed by atoms with Gasteiger partial charge in [0.2, 0.25) is 0 Å². The number of thiazole rings is 1. The second-order valence-electron chi connectivity index (χ2n) is 2.55. The molecule has 1 aromatic rings. The van der Waals surface area contributed by atoms with E-state index < -0.39 is 0 Å². The van der Waals surface area contributed by atoms with Crippen LogP contribution in [0.5, 0.6) is 0 Å². The lowest BCUT2D eigenvalue weighted by Gasteiger charge is -2.02. The van der Waals surface area contributed by atoms with Gasteiger partial charge in [0, 0.05) is 17.6 Å². The van der Waals surface area contributed by atoms with Crippen LogP contribution in [-0.4, -0.2) is 11.0 Å².